The second-order valence-electron chi connectivity index (χ2n) is 16.3. The van der Waals surface area contributed by atoms with Crippen LogP contribution in [0.2, 0.25) is 0 Å². The molecule has 0 amide bonds. The maximum Gasteiger partial charge on any atom is 0.238 e. The Balaban J connectivity index is 1.17. The van der Waals surface area contributed by atoms with Crippen LogP contribution < -0.4 is 0 Å². The van der Waals surface area contributed by atoms with Crippen molar-refractivity contribution in [3.05, 3.63) is 241 Å². The van der Waals surface area contributed by atoms with Gasteiger partial charge in [0.05, 0.1) is 16.4 Å². The van der Waals surface area contributed by atoms with Crippen LogP contribution in [0.25, 0.3) is 95.0 Å². The summed E-state index contributed by atoms with van der Waals surface area (Å²) in [7, 11) is 0. The summed E-state index contributed by atoms with van der Waals surface area (Å²) in [6.07, 6.45) is 0. The Labute approximate surface area is 359 Å². The molecule has 13 rings (SSSR count). The molecular formula is C58H36N4. The molecule has 288 valence electrons. The van der Waals surface area contributed by atoms with E-state index in [1.165, 1.54) is 66.8 Å². The summed E-state index contributed by atoms with van der Waals surface area (Å²) in [5.41, 5.74) is 18.3. The number of hydrogen-bond acceptors (Lipinski definition) is 3. The van der Waals surface area contributed by atoms with E-state index in [1.807, 2.05) is 36.4 Å². The van der Waals surface area contributed by atoms with Crippen molar-refractivity contribution in [2.24, 2.45) is 0 Å². The van der Waals surface area contributed by atoms with Gasteiger partial charge in [-0.2, -0.15) is 9.97 Å². The summed E-state index contributed by atoms with van der Waals surface area (Å²) in [6, 6.07) is 78.7. The van der Waals surface area contributed by atoms with Gasteiger partial charge in [-0.3, -0.25) is 4.57 Å². The van der Waals surface area contributed by atoms with Gasteiger partial charge in [0.25, 0.3) is 0 Å². The Hall–Kier alpha value is -8.21. The van der Waals surface area contributed by atoms with Crippen molar-refractivity contribution in [1.29, 1.82) is 0 Å². The zero-order chi connectivity index (χ0) is 40.8. The van der Waals surface area contributed by atoms with Gasteiger partial charge < -0.3 is 0 Å². The van der Waals surface area contributed by atoms with Crippen LogP contribution in [0.5, 0.6) is 0 Å². The Bertz CT molecular complexity index is 3410. The molecule has 0 aliphatic heterocycles. The van der Waals surface area contributed by atoms with Gasteiger partial charge in [-0.1, -0.05) is 200 Å². The lowest BCUT2D eigenvalue weighted by molar-refractivity contribution is 0.794. The van der Waals surface area contributed by atoms with Crippen molar-refractivity contribution in [3.63, 3.8) is 0 Å². The number of fused-ring (bicyclic) bond motifs is 14. The molecular weight excluding hydrogens is 753 g/mol. The van der Waals surface area contributed by atoms with Crippen molar-refractivity contribution < 1.29 is 0 Å². The largest absolute Gasteiger partial charge is 0.277 e. The quantitative estimate of drug-likeness (QED) is 0.174. The minimum atomic E-state index is -0.606. The van der Waals surface area contributed by atoms with E-state index < -0.39 is 5.41 Å². The third-order valence-electron chi connectivity index (χ3n) is 13.1. The number of benzene rings is 9. The monoisotopic (exact) mass is 788 g/mol. The molecule has 2 heterocycles. The molecule has 0 bridgehead atoms. The van der Waals surface area contributed by atoms with Gasteiger partial charge >= 0.3 is 0 Å². The van der Waals surface area contributed by atoms with Gasteiger partial charge in [-0.15, -0.1) is 0 Å². The fourth-order valence-electron chi connectivity index (χ4n) is 10.4. The number of aromatic nitrogens is 4. The molecule has 62 heavy (non-hydrogen) atoms. The van der Waals surface area contributed by atoms with E-state index in [2.05, 4.69) is 187 Å². The second-order valence-corrected chi connectivity index (χ2v) is 16.3. The van der Waals surface area contributed by atoms with E-state index >= 15 is 0 Å². The first-order valence-electron chi connectivity index (χ1n) is 21.2. The highest BCUT2D eigenvalue weighted by Crippen LogP contribution is 2.65. The summed E-state index contributed by atoms with van der Waals surface area (Å²) >= 11 is 0. The van der Waals surface area contributed by atoms with Crippen LogP contribution in [0.3, 0.4) is 0 Å². The van der Waals surface area contributed by atoms with Crippen LogP contribution in [-0.2, 0) is 5.41 Å². The van der Waals surface area contributed by atoms with E-state index in [9.17, 15) is 0 Å². The number of para-hydroxylation sites is 1. The molecule has 0 N–H and O–H groups in total. The minimum Gasteiger partial charge on any atom is -0.277 e. The third kappa shape index (κ3) is 4.92. The molecule has 0 fully saturated rings. The summed E-state index contributed by atoms with van der Waals surface area (Å²) in [5.74, 6) is 1.84. The standard InChI is InChI=1S/C58H36N4/c1-5-17-37(18-6-1)41-29-31-43-44-32-30-42(38-19-7-2-8-20-38)36-51(44)58(50(43)35-41)48-27-15-13-26-47(48)53-49(58)34-33-46-45-25-14-16-28-52(45)62(54(46)53)57-60-55(39-21-9-3-10-22-39)59-56(61-57)40-23-11-4-12-24-40/h1-36H. The Morgan fingerprint density at radius 1 is 0.323 bits per heavy atom. The summed E-state index contributed by atoms with van der Waals surface area (Å²) in [6.45, 7) is 0. The molecule has 0 atom stereocenters. The highest BCUT2D eigenvalue weighted by atomic mass is 15.2. The van der Waals surface area contributed by atoms with Crippen LogP contribution in [0.4, 0.5) is 0 Å². The zero-order valence-corrected chi connectivity index (χ0v) is 33.6. The van der Waals surface area contributed by atoms with Gasteiger partial charge in [-0.25, -0.2) is 4.98 Å². The van der Waals surface area contributed by atoms with E-state index in [0.29, 0.717) is 17.6 Å². The van der Waals surface area contributed by atoms with Crippen molar-refractivity contribution in [2.75, 3.05) is 0 Å². The summed E-state index contributed by atoms with van der Waals surface area (Å²) < 4.78 is 2.30. The molecule has 0 radical (unpaired) electrons. The molecule has 0 unspecified atom stereocenters. The zero-order valence-electron chi connectivity index (χ0n) is 33.6. The van der Waals surface area contributed by atoms with Crippen LogP contribution in [0, 0.1) is 0 Å². The lowest BCUT2D eigenvalue weighted by Gasteiger charge is -2.31. The van der Waals surface area contributed by atoms with E-state index in [4.69, 9.17) is 15.0 Å². The lowest BCUT2D eigenvalue weighted by Crippen LogP contribution is -2.26. The highest BCUT2D eigenvalue weighted by molar-refractivity contribution is 6.16. The summed E-state index contributed by atoms with van der Waals surface area (Å²) in [4.78, 5) is 15.8. The van der Waals surface area contributed by atoms with Crippen LogP contribution in [-0.4, -0.2) is 19.5 Å². The first-order valence-corrected chi connectivity index (χ1v) is 21.2. The highest BCUT2D eigenvalue weighted by Gasteiger charge is 2.52. The number of nitrogens with zero attached hydrogens (tertiary/aromatic N) is 4. The van der Waals surface area contributed by atoms with Gasteiger partial charge in [0.1, 0.15) is 0 Å². The predicted molar refractivity (Wildman–Crippen MR) is 252 cm³/mol. The summed E-state index contributed by atoms with van der Waals surface area (Å²) in [5, 5.41) is 2.31. The molecule has 2 aliphatic rings. The molecule has 4 heteroatoms. The fourth-order valence-corrected chi connectivity index (χ4v) is 10.4. The normalized spacial score (nSPS) is 13.0. The Kier molecular flexibility index (Phi) is 7.49. The first kappa shape index (κ1) is 34.6. The average molecular weight is 789 g/mol. The topological polar surface area (TPSA) is 43.6 Å². The maximum absolute atomic E-state index is 5.35. The second kappa shape index (κ2) is 13.4. The Morgan fingerprint density at radius 2 is 0.823 bits per heavy atom. The van der Waals surface area contributed by atoms with E-state index in [-0.39, 0.29) is 0 Å². The Morgan fingerprint density at radius 3 is 1.40 bits per heavy atom. The number of rotatable bonds is 5. The predicted octanol–water partition coefficient (Wildman–Crippen LogP) is 14.0. The van der Waals surface area contributed by atoms with Gasteiger partial charge in [0.15, 0.2) is 11.6 Å². The molecule has 0 saturated carbocycles. The maximum atomic E-state index is 5.35. The van der Waals surface area contributed by atoms with Crippen molar-refractivity contribution >= 4 is 21.8 Å². The van der Waals surface area contributed by atoms with Crippen molar-refractivity contribution in [1.82, 2.24) is 19.5 Å². The molecule has 4 nitrogen and oxygen atoms in total. The van der Waals surface area contributed by atoms with Gasteiger partial charge in [0.2, 0.25) is 5.95 Å². The molecule has 2 aromatic heterocycles. The molecule has 0 saturated heterocycles. The molecule has 11 aromatic rings. The van der Waals surface area contributed by atoms with Crippen LogP contribution >= 0.6 is 0 Å². The SMILES string of the molecule is c1ccc(-c2ccc3c(c2)C2(c4cc(-c5ccccc5)ccc4-3)c3ccccc3-c3c2ccc2c4ccccc4n(-c4nc(-c5ccccc5)nc(-c5ccccc5)n4)c32)cc1. The average Bonchev–Trinajstić information content (AvgIpc) is 3.96. The first-order chi connectivity index (χ1) is 30.8. The lowest BCUT2D eigenvalue weighted by atomic mass is 9.70. The number of hydrogen-bond donors (Lipinski definition) is 0. The molecule has 1 spiro atoms. The minimum absolute atomic E-state index is 0.584. The fraction of sp³-hybridized carbons (Fsp3) is 0.0172. The molecule has 9 aromatic carbocycles. The smallest absolute Gasteiger partial charge is 0.238 e. The van der Waals surface area contributed by atoms with Crippen LogP contribution in [0.1, 0.15) is 22.3 Å². The van der Waals surface area contributed by atoms with E-state index in [0.717, 1.165) is 32.9 Å². The van der Waals surface area contributed by atoms with Crippen molar-refractivity contribution in [3.8, 4) is 73.2 Å². The van der Waals surface area contributed by atoms with E-state index in [1.54, 1.807) is 0 Å². The van der Waals surface area contributed by atoms with Crippen LogP contribution in [0.15, 0.2) is 218 Å². The third-order valence-corrected chi connectivity index (χ3v) is 13.1. The van der Waals surface area contributed by atoms with Crippen molar-refractivity contribution in [2.45, 2.75) is 5.41 Å². The van der Waals surface area contributed by atoms with Gasteiger partial charge in [-0.05, 0) is 79.4 Å². The molecule has 2 aliphatic carbocycles. The van der Waals surface area contributed by atoms with Gasteiger partial charge in [0, 0.05) is 27.5 Å².